The second kappa shape index (κ2) is 6.48. The number of nitrogens with one attached hydrogen (secondary N) is 1. The molecule has 3 aromatic heterocycles. The number of aromatic nitrogens is 5. The summed E-state index contributed by atoms with van der Waals surface area (Å²) in [5.74, 6) is 1.15. The molecular weight excluding hydrogens is 304 g/mol. The molecule has 8 heteroatoms. The molecule has 0 spiro atoms. The van der Waals surface area contributed by atoms with Gasteiger partial charge in [0.25, 0.3) is 0 Å². The van der Waals surface area contributed by atoms with E-state index in [4.69, 9.17) is 11.6 Å². The Bertz CT molecular complexity index is 788. The Hall–Kier alpha value is -2.54. The standard InChI is InChI=1S/C14H13ClN6O/c15-10-7-8-13-19-18-12(21(13)20-10)5-3-6-14(22)17-11-4-1-2-9-16-11/h1-2,4,7-9H,3,5-6H2,(H,16,17,22). The molecule has 0 unspecified atom stereocenters. The van der Waals surface area contributed by atoms with E-state index in [-0.39, 0.29) is 5.91 Å². The molecule has 3 rings (SSSR count). The summed E-state index contributed by atoms with van der Waals surface area (Å²) in [4.78, 5) is 15.9. The normalized spacial score (nSPS) is 10.8. The van der Waals surface area contributed by atoms with Crippen LogP contribution in [0.15, 0.2) is 36.5 Å². The third kappa shape index (κ3) is 3.37. The topological polar surface area (TPSA) is 85.1 Å². The molecule has 0 bridgehead atoms. The van der Waals surface area contributed by atoms with Crippen molar-refractivity contribution in [2.75, 3.05) is 5.32 Å². The Morgan fingerprint density at radius 1 is 1.23 bits per heavy atom. The number of anilines is 1. The minimum atomic E-state index is -0.0847. The van der Waals surface area contributed by atoms with Gasteiger partial charge in [0.1, 0.15) is 11.0 Å². The Kier molecular flexibility index (Phi) is 4.24. The van der Waals surface area contributed by atoms with Gasteiger partial charge in [-0.25, -0.2) is 4.98 Å². The monoisotopic (exact) mass is 316 g/mol. The number of amides is 1. The highest BCUT2D eigenvalue weighted by atomic mass is 35.5. The quantitative estimate of drug-likeness (QED) is 0.779. The minimum absolute atomic E-state index is 0.0847. The second-order valence-corrected chi connectivity index (χ2v) is 5.05. The number of hydrogen-bond acceptors (Lipinski definition) is 5. The van der Waals surface area contributed by atoms with Crippen molar-refractivity contribution in [3.05, 3.63) is 47.5 Å². The van der Waals surface area contributed by atoms with Gasteiger partial charge < -0.3 is 5.32 Å². The van der Waals surface area contributed by atoms with Crippen molar-refractivity contribution in [2.45, 2.75) is 19.3 Å². The second-order valence-electron chi connectivity index (χ2n) is 4.66. The fraction of sp³-hybridized carbons (Fsp3) is 0.214. The summed E-state index contributed by atoms with van der Waals surface area (Å²) in [6.07, 6.45) is 3.22. The predicted octanol–water partition coefficient (Wildman–Crippen LogP) is 2.13. The molecule has 0 saturated heterocycles. The number of halogens is 1. The number of pyridine rings is 1. The molecule has 0 fully saturated rings. The summed E-state index contributed by atoms with van der Waals surface area (Å²) in [6.45, 7) is 0. The first-order valence-electron chi connectivity index (χ1n) is 6.80. The number of nitrogens with zero attached hydrogens (tertiary/aromatic N) is 5. The molecule has 0 saturated carbocycles. The molecule has 0 aliphatic heterocycles. The molecule has 0 aromatic carbocycles. The summed E-state index contributed by atoms with van der Waals surface area (Å²) in [5, 5.41) is 15.3. The van der Waals surface area contributed by atoms with Gasteiger partial charge in [0, 0.05) is 19.0 Å². The predicted molar refractivity (Wildman–Crippen MR) is 81.6 cm³/mol. The Morgan fingerprint density at radius 2 is 2.14 bits per heavy atom. The number of carbonyl (C=O) groups excluding carboxylic acids is 1. The van der Waals surface area contributed by atoms with E-state index in [0.29, 0.717) is 41.7 Å². The Morgan fingerprint density at radius 3 is 2.95 bits per heavy atom. The van der Waals surface area contributed by atoms with Gasteiger partial charge in [-0.1, -0.05) is 17.7 Å². The van der Waals surface area contributed by atoms with Crippen molar-refractivity contribution in [3.8, 4) is 0 Å². The van der Waals surface area contributed by atoms with Crippen molar-refractivity contribution in [2.24, 2.45) is 0 Å². The maximum Gasteiger partial charge on any atom is 0.225 e. The lowest BCUT2D eigenvalue weighted by Gasteiger charge is -2.03. The summed E-state index contributed by atoms with van der Waals surface area (Å²) < 4.78 is 1.60. The third-order valence-electron chi connectivity index (χ3n) is 3.03. The van der Waals surface area contributed by atoms with Gasteiger partial charge >= 0.3 is 0 Å². The van der Waals surface area contributed by atoms with Gasteiger partial charge in [-0.2, -0.15) is 9.61 Å². The van der Waals surface area contributed by atoms with E-state index in [2.05, 4.69) is 25.6 Å². The molecule has 0 aliphatic rings. The number of hydrogen-bond donors (Lipinski definition) is 1. The molecular formula is C14H13ClN6O. The van der Waals surface area contributed by atoms with Crippen LogP contribution < -0.4 is 5.32 Å². The van der Waals surface area contributed by atoms with Crippen LogP contribution in [0, 0.1) is 0 Å². The van der Waals surface area contributed by atoms with Gasteiger partial charge in [0.05, 0.1) is 0 Å². The zero-order valence-corrected chi connectivity index (χ0v) is 12.4. The average molecular weight is 317 g/mol. The molecule has 7 nitrogen and oxygen atoms in total. The van der Waals surface area contributed by atoms with Crippen LogP contribution in [0.25, 0.3) is 5.65 Å². The lowest BCUT2D eigenvalue weighted by Crippen LogP contribution is -2.12. The van der Waals surface area contributed by atoms with E-state index in [1.54, 1.807) is 35.0 Å². The van der Waals surface area contributed by atoms with Crippen molar-refractivity contribution in [1.29, 1.82) is 0 Å². The van der Waals surface area contributed by atoms with E-state index < -0.39 is 0 Å². The number of aryl methyl sites for hydroxylation is 1. The number of rotatable bonds is 5. The molecule has 0 radical (unpaired) electrons. The molecule has 1 N–H and O–H groups in total. The van der Waals surface area contributed by atoms with Crippen LogP contribution in [0.5, 0.6) is 0 Å². The van der Waals surface area contributed by atoms with Crippen LogP contribution >= 0.6 is 11.6 Å². The van der Waals surface area contributed by atoms with Crippen molar-refractivity contribution >= 4 is 29.0 Å². The fourth-order valence-corrected chi connectivity index (χ4v) is 2.15. The largest absolute Gasteiger partial charge is 0.311 e. The van der Waals surface area contributed by atoms with Crippen molar-refractivity contribution in [3.63, 3.8) is 0 Å². The van der Waals surface area contributed by atoms with E-state index >= 15 is 0 Å². The molecule has 3 aromatic rings. The summed E-state index contributed by atoms with van der Waals surface area (Å²) in [6, 6.07) is 8.77. The van der Waals surface area contributed by atoms with Gasteiger partial charge in [0.15, 0.2) is 11.5 Å². The zero-order valence-electron chi connectivity index (χ0n) is 11.6. The first kappa shape index (κ1) is 14.4. The van der Waals surface area contributed by atoms with Crippen molar-refractivity contribution < 1.29 is 4.79 Å². The minimum Gasteiger partial charge on any atom is -0.311 e. The molecule has 112 valence electrons. The smallest absolute Gasteiger partial charge is 0.225 e. The summed E-state index contributed by atoms with van der Waals surface area (Å²) >= 11 is 5.86. The maximum absolute atomic E-state index is 11.8. The Labute approximate surface area is 131 Å². The van der Waals surface area contributed by atoms with Crippen LogP contribution in [0.2, 0.25) is 5.15 Å². The molecule has 0 atom stereocenters. The van der Waals surface area contributed by atoms with Crippen LogP contribution in [-0.2, 0) is 11.2 Å². The maximum atomic E-state index is 11.8. The van der Waals surface area contributed by atoms with Gasteiger partial charge in [0.2, 0.25) is 5.91 Å². The molecule has 1 amide bonds. The van der Waals surface area contributed by atoms with E-state index in [9.17, 15) is 4.79 Å². The summed E-state index contributed by atoms with van der Waals surface area (Å²) in [7, 11) is 0. The Balaban J connectivity index is 1.56. The lowest BCUT2D eigenvalue weighted by molar-refractivity contribution is -0.116. The number of carbonyl (C=O) groups is 1. The summed E-state index contributed by atoms with van der Waals surface area (Å²) in [5.41, 5.74) is 0.636. The van der Waals surface area contributed by atoms with Gasteiger partial charge in [-0.05, 0) is 30.7 Å². The van der Waals surface area contributed by atoms with Crippen LogP contribution in [0.1, 0.15) is 18.7 Å². The van der Waals surface area contributed by atoms with Crippen molar-refractivity contribution in [1.82, 2.24) is 24.8 Å². The first-order valence-corrected chi connectivity index (χ1v) is 7.18. The zero-order chi connectivity index (χ0) is 15.4. The first-order chi connectivity index (χ1) is 10.7. The highest BCUT2D eigenvalue weighted by Crippen LogP contribution is 2.10. The lowest BCUT2D eigenvalue weighted by atomic mass is 10.2. The molecule has 3 heterocycles. The highest BCUT2D eigenvalue weighted by Gasteiger charge is 2.09. The average Bonchev–Trinajstić information content (AvgIpc) is 2.91. The highest BCUT2D eigenvalue weighted by molar-refractivity contribution is 6.29. The SMILES string of the molecule is O=C(CCCc1nnc2ccc(Cl)nn12)Nc1ccccn1. The fourth-order valence-electron chi connectivity index (χ4n) is 2.02. The van der Waals surface area contributed by atoms with Crippen LogP contribution in [0.3, 0.4) is 0 Å². The van der Waals surface area contributed by atoms with Crippen LogP contribution in [0.4, 0.5) is 5.82 Å². The molecule has 22 heavy (non-hydrogen) atoms. The van der Waals surface area contributed by atoms with E-state index in [1.165, 1.54) is 0 Å². The number of fused-ring (bicyclic) bond motifs is 1. The molecule has 0 aliphatic carbocycles. The van der Waals surface area contributed by atoms with E-state index in [0.717, 1.165) is 0 Å². The van der Waals surface area contributed by atoms with Gasteiger partial charge in [-0.15, -0.1) is 10.2 Å². The van der Waals surface area contributed by atoms with Gasteiger partial charge in [-0.3, -0.25) is 4.79 Å². The third-order valence-corrected chi connectivity index (χ3v) is 3.23. The van der Waals surface area contributed by atoms with Crippen LogP contribution in [-0.4, -0.2) is 30.7 Å². The van der Waals surface area contributed by atoms with E-state index in [1.807, 2.05) is 6.07 Å².